The fraction of sp³-hybridized carbons (Fsp3) is 0.0769. The van der Waals surface area contributed by atoms with Crippen molar-refractivity contribution in [3.63, 3.8) is 0 Å². The molecule has 0 N–H and O–H groups in total. The van der Waals surface area contributed by atoms with Crippen molar-refractivity contribution in [2.75, 3.05) is 4.90 Å². The van der Waals surface area contributed by atoms with Crippen molar-refractivity contribution in [2.45, 2.75) is 19.3 Å². The summed E-state index contributed by atoms with van der Waals surface area (Å²) in [6.45, 7) is 4.70. The highest BCUT2D eigenvalue weighted by Gasteiger charge is 2.38. The van der Waals surface area contributed by atoms with Crippen LogP contribution in [-0.2, 0) is 5.41 Å². The minimum absolute atomic E-state index is 0.113. The molecule has 1 heterocycles. The molecule has 2 heteroatoms. The van der Waals surface area contributed by atoms with E-state index in [1.54, 1.807) is 0 Å². The maximum Gasteiger partial charge on any atom is 0.135 e. The van der Waals surface area contributed by atoms with Gasteiger partial charge in [0.2, 0.25) is 0 Å². The minimum Gasteiger partial charge on any atom is -0.456 e. The minimum atomic E-state index is -0.113. The lowest BCUT2D eigenvalue weighted by Gasteiger charge is -2.32. The summed E-state index contributed by atoms with van der Waals surface area (Å²) in [4.78, 5) is 2.41. The molecule has 0 radical (unpaired) electrons. The fourth-order valence-corrected chi connectivity index (χ4v) is 6.72. The molecule has 0 amide bonds. The van der Waals surface area contributed by atoms with Crippen molar-refractivity contribution >= 4 is 39.0 Å². The molecular formula is C39H29NO. The first kappa shape index (κ1) is 23.8. The smallest absolute Gasteiger partial charge is 0.135 e. The summed E-state index contributed by atoms with van der Waals surface area (Å²) in [5.41, 5.74) is 13.0. The molecule has 8 rings (SSSR count). The summed E-state index contributed by atoms with van der Waals surface area (Å²) in [5, 5.41) is 2.30. The van der Waals surface area contributed by atoms with E-state index in [1.807, 2.05) is 12.1 Å². The first-order chi connectivity index (χ1) is 20.1. The van der Waals surface area contributed by atoms with Gasteiger partial charge in [-0.05, 0) is 81.9 Å². The third kappa shape index (κ3) is 3.64. The van der Waals surface area contributed by atoms with Crippen molar-refractivity contribution in [1.82, 2.24) is 0 Å². The molecule has 6 aromatic carbocycles. The van der Waals surface area contributed by atoms with E-state index in [0.717, 1.165) is 33.3 Å². The number of para-hydroxylation sites is 2. The zero-order valence-electron chi connectivity index (χ0n) is 23.1. The highest BCUT2D eigenvalue weighted by molar-refractivity contribution is 6.06. The normalized spacial score (nSPS) is 13.3. The summed E-state index contributed by atoms with van der Waals surface area (Å²) in [5.74, 6) is 0. The molecule has 0 atom stereocenters. The summed E-state index contributed by atoms with van der Waals surface area (Å²) in [6, 6.07) is 50.0. The lowest BCUT2D eigenvalue weighted by Crippen LogP contribution is -2.20. The Morgan fingerprint density at radius 1 is 0.512 bits per heavy atom. The fourth-order valence-electron chi connectivity index (χ4n) is 6.72. The Balaban J connectivity index is 1.26. The van der Waals surface area contributed by atoms with Gasteiger partial charge in [0.15, 0.2) is 0 Å². The molecule has 41 heavy (non-hydrogen) atoms. The summed E-state index contributed by atoms with van der Waals surface area (Å²) >= 11 is 0. The zero-order valence-corrected chi connectivity index (χ0v) is 23.1. The first-order valence-corrected chi connectivity index (χ1v) is 14.2. The third-order valence-corrected chi connectivity index (χ3v) is 8.65. The SMILES string of the molecule is CC1(C)c2ccccc2-c2cccc(N(c3ccccc3)c3ccc(-c4ccc5oc6ccccc6c5c4)cc3)c21. The van der Waals surface area contributed by atoms with Gasteiger partial charge < -0.3 is 9.32 Å². The van der Waals surface area contributed by atoms with Crippen LogP contribution in [0.15, 0.2) is 144 Å². The predicted molar refractivity (Wildman–Crippen MR) is 171 cm³/mol. The van der Waals surface area contributed by atoms with E-state index in [1.165, 1.54) is 39.1 Å². The molecule has 0 fully saturated rings. The number of nitrogens with zero attached hydrogens (tertiary/aromatic N) is 1. The van der Waals surface area contributed by atoms with E-state index in [9.17, 15) is 0 Å². The number of fused-ring (bicyclic) bond motifs is 6. The average Bonchev–Trinajstić information content (AvgIpc) is 3.51. The molecule has 0 aliphatic heterocycles. The maximum atomic E-state index is 6.06. The lowest BCUT2D eigenvalue weighted by molar-refractivity contribution is 0.661. The highest BCUT2D eigenvalue weighted by Crippen LogP contribution is 2.54. The van der Waals surface area contributed by atoms with Gasteiger partial charge in [0.05, 0.1) is 5.69 Å². The standard InChI is InChI=1S/C39H29NO/c1-39(2)34-16-8-6-13-30(34)32-15-10-17-35(38(32)39)40(28-11-4-3-5-12-28)29-22-19-26(20-23-29)27-21-24-37-33(25-27)31-14-7-9-18-36(31)41-37/h3-25H,1-2H3. The van der Waals surface area contributed by atoms with Gasteiger partial charge in [-0.3, -0.25) is 0 Å². The van der Waals surface area contributed by atoms with Crippen LogP contribution in [0, 0.1) is 0 Å². The van der Waals surface area contributed by atoms with Crippen LogP contribution in [0.1, 0.15) is 25.0 Å². The van der Waals surface area contributed by atoms with E-state index in [-0.39, 0.29) is 5.41 Å². The Bertz CT molecular complexity index is 2070. The summed E-state index contributed by atoms with van der Waals surface area (Å²) in [7, 11) is 0. The molecule has 1 aliphatic carbocycles. The van der Waals surface area contributed by atoms with Gasteiger partial charge in [-0.1, -0.05) is 105 Å². The molecule has 0 spiro atoms. The molecule has 0 saturated heterocycles. The Morgan fingerprint density at radius 2 is 1.17 bits per heavy atom. The van der Waals surface area contributed by atoms with Crippen LogP contribution in [0.25, 0.3) is 44.2 Å². The molecule has 0 unspecified atom stereocenters. The number of hydrogen-bond acceptors (Lipinski definition) is 2. The number of anilines is 3. The zero-order chi connectivity index (χ0) is 27.6. The summed E-state index contributed by atoms with van der Waals surface area (Å²) in [6.07, 6.45) is 0. The third-order valence-electron chi connectivity index (χ3n) is 8.65. The maximum absolute atomic E-state index is 6.06. The number of rotatable bonds is 4. The van der Waals surface area contributed by atoms with E-state index in [2.05, 4.69) is 146 Å². The average molecular weight is 528 g/mol. The molecule has 196 valence electrons. The van der Waals surface area contributed by atoms with Crippen LogP contribution < -0.4 is 4.90 Å². The Labute approximate surface area is 240 Å². The second-order valence-corrected chi connectivity index (χ2v) is 11.4. The largest absolute Gasteiger partial charge is 0.456 e. The van der Waals surface area contributed by atoms with Crippen molar-refractivity contribution < 1.29 is 4.42 Å². The van der Waals surface area contributed by atoms with E-state index >= 15 is 0 Å². The van der Waals surface area contributed by atoms with E-state index in [4.69, 9.17) is 4.42 Å². The van der Waals surface area contributed by atoms with Crippen LogP contribution >= 0.6 is 0 Å². The quantitative estimate of drug-likeness (QED) is 0.226. The number of benzene rings is 6. The molecule has 1 aliphatic rings. The molecule has 0 bridgehead atoms. The van der Waals surface area contributed by atoms with Crippen molar-refractivity contribution in [2.24, 2.45) is 0 Å². The van der Waals surface area contributed by atoms with Gasteiger partial charge in [-0.2, -0.15) is 0 Å². The first-order valence-electron chi connectivity index (χ1n) is 14.2. The second kappa shape index (κ2) is 8.97. The Kier molecular flexibility index (Phi) is 5.20. The van der Waals surface area contributed by atoms with Gasteiger partial charge in [0, 0.05) is 27.6 Å². The topological polar surface area (TPSA) is 16.4 Å². The molecule has 0 saturated carbocycles. The molecule has 1 aromatic heterocycles. The van der Waals surface area contributed by atoms with Crippen molar-refractivity contribution in [1.29, 1.82) is 0 Å². The predicted octanol–water partition coefficient (Wildman–Crippen LogP) is 11.0. The van der Waals surface area contributed by atoms with Gasteiger partial charge >= 0.3 is 0 Å². The monoisotopic (exact) mass is 527 g/mol. The second-order valence-electron chi connectivity index (χ2n) is 11.4. The van der Waals surface area contributed by atoms with Crippen LogP contribution in [0.3, 0.4) is 0 Å². The summed E-state index contributed by atoms with van der Waals surface area (Å²) < 4.78 is 6.06. The van der Waals surface area contributed by atoms with Gasteiger partial charge in [-0.15, -0.1) is 0 Å². The van der Waals surface area contributed by atoms with Crippen molar-refractivity contribution in [3.8, 4) is 22.3 Å². The van der Waals surface area contributed by atoms with Crippen LogP contribution in [0.5, 0.6) is 0 Å². The van der Waals surface area contributed by atoms with Gasteiger partial charge in [-0.25, -0.2) is 0 Å². The molecule has 7 aromatic rings. The highest BCUT2D eigenvalue weighted by atomic mass is 16.3. The molecular weight excluding hydrogens is 498 g/mol. The Hall–Kier alpha value is -5.08. The van der Waals surface area contributed by atoms with Crippen molar-refractivity contribution in [3.05, 3.63) is 151 Å². The lowest BCUT2D eigenvalue weighted by atomic mass is 9.81. The Morgan fingerprint density at radius 3 is 2.02 bits per heavy atom. The number of furan rings is 1. The molecule has 2 nitrogen and oxygen atoms in total. The van der Waals surface area contributed by atoms with Crippen LogP contribution in [-0.4, -0.2) is 0 Å². The van der Waals surface area contributed by atoms with E-state index in [0.29, 0.717) is 0 Å². The van der Waals surface area contributed by atoms with Gasteiger partial charge in [0.1, 0.15) is 11.2 Å². The van der Waals surface area contributed by atoms with E-state index < -0.39 is 0 Å². The number of hydrogen-bond donors (Lipinski definition) is 0. The van der Waals surface area contributed by atoms with Crippen LogP contribution in [0.2, 0.25) is 0 Å². The van der Waals surface area contributed by atoms with Crippen LogP contribution in [0.4, 0.5) is 17.1 Å². The van der Waals surface area contributed by atoms with Gasteiger partial charge in [0.25, 0.3) is 0 Å².